The summed E-state index contributed by atoms with van der Waals surface area (Å²) in [6.45, 7) is 3.69. The van der Waals surface area contributed by atoms with Gasteiger partial charge in [-0.25, -0.2) is 4.79 Å². The Kier molecular flexibility index (Phi) is 5.51. The van der Waals surface area contributed by atoms with Crippen LogP contribution >= 0.6 is 0 Å². The van der Waals surface area contributed by atoms with E-state index in [-0.39, 0.29) is 12.1 Å². The molecule has 5 heteroatoms. The number of ether oxygens (including phenoxy) is 1. The first-order valence-corrected chi connectivity index (χ1v) is 8.69. The molecule has 0 unspecified atom stereocenters. The van der Waals surface area contributed by atoms with E-state index in [0.717, 1.165) is 38.0 Å². The number of benzene rings is 1. The fourth-order valence-electron chi connectivity index (χ4n) is 3.37. The molecule has 126 valence electrons. The predicted molar refractivity (Wildman–Crippen MR) is 90.0 cm³/mol. The molecule has 2 N–H and O–H groups in total. The van der Waals surface area contributed by atoms with E-state index in [9.17, 15) is 4.79 Å². The SMILES string of the molecule is NCCN(C[C@@H]1CCCN1C(=O)OCc1ccccc1)C1CC1. The number of amides is 1. The van der Waals surface area contributed by atoms with E-state index in [4.69, 9.17) is 10.5 Å². The van der Waals surface area contributed by atoms with Crippen LogP contribution in [0, 0.1) is 0 Å². The summed E-state index contributed by atoms with van der Waals surface area (Å²) in [5.41, 5.74) is 6.76. The van der Waals surface area contributed by atoms with E-state index in [2.05, 4.69) is 4.90 Å². The van der Waals surface area contributed by atoms with Crippen molar-refractivity contribution in [3.8, 4) is 0 Å². The number of carbonyl (C=O) groups is 1. The van der Waals surface area contributed by atoms with Gasteiger partial charge in [0.15, 0.2) is 0 Å². The number of rotatable bonds is 7. The second-order valence-electron chi connectivity index (χ2n) is 6.54. The number of nitrogens with two attached hydrogens (primary N) is 1. The van der Waals surface area contributed by atoms with Crippen molar-refractivity contribution in [2.75, 3.05) is 26.2 Å². The summed E-state index contributed by atoms with van der Waals surface area (Å²) in [5, 5.41) is 0. The van der Waals surface area contributed by atoms with Gasteiger partial charge in [-0.1, -0.05) is 30.3 Å². The molecule has 5 nitrogen and oxygen atoms in total. The van der Waals surface area contributed by atoms with Crippen LogP contribution < -0.4 is 5.73 Å². The Labute approximate surface area is 138 Å². The van der Waals surface area contributed by atoms with Crippen molar-refractivity contribution in [1.82, 2.24) is 9.80 Å². The predicted octanol–water partition coefficient (Wildman–Crippen LogP) is 2.21. The zero-order valence-electron chi connectivity index (χ0n) is 13.7. The first kappa shape index (κ1) is 16.3. The van der Waals surface area contributed by atoms with Crippen LogP contribution in [0.15, 0.2) is 30.3 Å². The van der Waals surface area contributed by atoms with E-state index in [1.807, 2.05) is 35.2 Å². The first-order valence-electron chi connectivity index (χ1n) is 8.69. The monoisotopic (exact) mass is 317 g/mol. The smallest absolute Gasteiger partial charge is 0.410 e. The number of nitrogens with zero attached hydrogens (tertiary/aromatic N) is 2. The highest BCUT2D eigenvalue weighted by Gasteiger charge is 2.35. The van der Waals surface area contributed by atoms with Crippen LogP contribution in [-0.2, 0) is 11.3 Å². The van der Waals surface area contributed by atoms with E-state index < -0.39 is 0 Å². The van der Waals surface area contributed by atoms with Crippen molar-refractivity contribution in [3.05, 3.63) is 35.9 Å². The summed E-state index contributed by atoms with van der Waals surface area (Å²) in [7, 11) is 0. The Morgan fingerprint density at radius 3 is 2.74 bits per heavy atom. The molecule has 3 rings (SSSR count). The van der Waals surface area contributed by atoms with Gasteiger partial charge >= 0.3 is 6.09 Å². The third-order valence-electron chi connectivity index (χ3n) is 4.74. The van der Waals surface area contributed by atoms with Gasteiger partial charge in [0, 0.05) is 38.3 Å². The second kappa shape index (κ2) is 7.79. The molecule has 1 atom stereocenters. The Bertz CT molecular complexity index is 504. The van der Waals surface area contributed by atoms with Gasteiger partial charge in [0.1, 0.15) is 6.61 Å². The van der Waals surface area contributed by atoms with Gasteiger partial charge in [0.25, 0.3) is 0 Å². The Morgan fingerprint density at radius 2 is 2.04 bits per heavy atom. The molecule has 2 fully saturated rings. The van der Waals surface area contributed by atoms with Crippen molar-refractivity contribution in [3.63, 3.8) is 0 Å². The van der Waals surface area contributed by atoms with E-state index in [0.29, 0.717) is 19.2 Å². The van der Waals surface area contributed by atoms with Gasteiger partial charge in [-0.3, -0.25) is 4.90 Å². The minimum Gasteiger partial charge on any atom is -0.445 e. The van der Waals surface area contributed by atoms with Crippen LogP contribution in [-0.4, -0.2) is 54.2 Å². The summed E-state index contributed by atoms with van der Waals surface area (Å²) in [6, 6.07) is 10.8. The fourth-order valence-corrected chi connectivity index (χ4v) is 3.37. The molecular formula is C18H27N3O2. The van der Waals surface area contributed by atoms with Crippen LogP contribution in [0.4, 0.5) is 4.79 Å². The molecule has 1 saturated heterocycles. The van der Waals surface area contributed by atoms with E-state index in [1.165, 1.54) is 12.8 Å². The molecule has 1 aromatic carbocycles. The molecule has 1 saturated carbocycles. The lowest BCUT2D eigenvalue weighted by Gasteiger charge is -2.30. The van der Waals surface area contributed by atoms with Crippen LogP contribution in [0.2, 0.25) is 0 Å². The average Bonchev–Trinajstić information content (AvgIpc) is 3.32. The van der Waals surface area contributed by atoms with Crippen molar-refractivity contribution in [1.29, 1.82) is 0 Å². The Hall–Kier alpha value is -1.59. The second-order valence-corrected chi connectivity index (χ2v) is 6.54. The molecule has 23 heavy (non-hydrogen) atoms. The summed E-state index contributed by atoms with van der Waals surface area (Å²) < 4.78 is 5.50. The van der Waals surface area contributed by atoms with E-state index in [1.54, 1.807) is 0 Å². The molecule has 1 aliphatic carbocycles. The van der Waals surface area contributed by atoms with Crippen LogP contribution in [0.5, 0.6) is 0 Å². The van der Waals surface area contributed by atoms with Crippen LogP contribution in [0.25, 0.3) is 0 Å². The lowest BCUT2D eigenvalue weighted by Crippen LogP contribution is -2.45. The fraction of sp³-hybridized carbons (Fsp3) is 0.611. The Morgan fingerprint density at radius 1 is 1.26 bits per heavy atom. The van der Waals surface area contributed by atoms with Gasteiger partial charge < -0.3 is 15.4 Å². The maximum Gasteiger partial charge on any atom is 0.410 e. The third kappa shape index (κ3) is 4.45. The summed E-state index contributed by atoms with van der Waals surface area (Å²) in [6.07, 6.45) is 4.48. The highest BCUT2D eigenvalue weighted by Crippen LogP contribution is 2.29. The first-order chi connectivity index (χ1) is 11.3. The number of hydrogen-bond donors (Lipinski definition) is 1. The molecule has 0 bridgehead atoms. The molecule has 0 radical (unpaired) electrons. The van der Waals surface area contributed by atoms with Crippen molar-refractivity contribution in [2.24, 2.45) is 5.73 Å². The van der Waals surface area contributed by atoms with Crippen molar-refractivity contribution >= 4 is 6.09 Å². The number of carbonyl (C=O) groups excluding carboxylic acids is 1. The minimum absolute atomic E-state index is 0.181. The lowest BCUT2D eigenvalue weighted by molar-refractivity contribution is 0.0833. The topological polar surface area (TPSA) is 58.8 Å². The van der Waals surface area contributed by atoms with Crippen LogP contribution in [0.1, 0.15) is 31.2 Å². The third-order valence-corrected chi connectivity index (χ3v) is 4.74. The maximum atomic E-state index is 12.4. The summed E-state index contributed by atoms with van der Waals surface area (Å²) >= 11 is 0. The van der Waals surface area contributed by atoms with Crippen molar-refractivity contribution in [2.45, 2.75) is 44.4 Å². The summed E-state index contributed by atoms with van der Waals surface area (Å²) in [4.78, 5) is 16.8. The number of likely N-dealkylation sites (tertiary alicyclic amines) is 1. The van der Waals surface area contributed by atoms with Gasteiger partial charge in [0.05, 0.1) is 0 Å². The zero-order chi connectivity index (χ0) is 16.1. The van der Waals surface area contributed by atoms with Gasteiger partial charge in [-0.15, -0.1) is 0 Å². The molecule has 0 aromatic heterocycles. The minimum atomic E-state index is -0.181. The largest absolute Gasteiger partial charge is 0.445 e. The van der Waals surface area contributed by atoms with Gasteiger partial charge in [0.2, 0.25) is 0 Å². The van der Waals surface area contributed by atoms with Crippen LogP contribution in [0.3, 0.4) is 0 Å². The van der Waals surface area contributed by atoms with Gasteiger partial charge in [-0.2, -0.15) is 0 Å². The molecule has 1 aromatic rings. The van der Waals surface area contributed by atoms with Crippen molar-refractivity contribution < 1.29 is 9.53 Å². The molecule has 1 heterocycles. The summed E-state index contributed by atoms with van der Waals surface area (Å²) in [5.74, 6) is 0. The maximum absolute atomic E-state index is 12.4. The average molecular weight is 317 g/mol. The molecule has 1 amide bonds. The Balaban J connectivity index is 1.52. The highest BCUT2D eigenvalue weighted by molar-refractivity contribution is 5.68. The molecule has 0 spiro atoms. The van der Waals surface area contributed by atoms with E-state index >= 15 is 0 Å². The quantitative estimate of drug-likeness (QED) is 0.837. The number of hydrogen-bond acceptors (Lipinski definition) is 4. The molecule has 1 aliphatic heterocycles. The highest BCUT2D eigenvalue weighted by atomic mass is 16.6. The standard InChI is InChI=1S/C18H27N3O2/c19-10-12-20(16-8-9-16)13-17-7-4-11-21(17)18(22)23-14-15-5-2-1-3-6-15/h1-3,5-6,16-17H,4,7-14,19H2/t17-/m0/s1. The molecular weight excluding hydrogens is 290 g/mol. The zero-order valence-corrected chi connectivity index (χ0v) is 13.7. The lowest BCUT2D eigenvalue weighted by atomic mass is 10.2. The van der Waals surface area contributed by atoms with Gasteiger partial charge in [-0.05, 0) is 31.2 Å². The molecule has 2 aliphatic rings. The normalized spacial score (nSPS) is 21.0.